The van der Waals surface area contributed by atoms with Crippen LogP contribution in [0, 0.1) is 0 Å². The average molecular weight is 227 g/mol. The highest BCUT2D eigenvalue weighted by atomic mass is 16.5. The van der Waals surface area contributed by atoms with Crippen LogP contribution in [0.25, 0.3) is 0 Å². The van der Waals surface area contributed by atoms with Crippen LogP contribution in [0.5, 0.6) is 0 Å². The van der Waals surface area contributed by atoms with Gasteiger partial charge in [0.25, 0.3) is 0 Å². The van der Waals surface area contributed by atoms with Crippen LogP contribution in [0.4, 0.5) is 0 Å². The predicted molar refractivity (Wildman–Crippen MR) is 62.2 cm³/mol. The number of aliphatic hydroxyl groups is 1. The smallest absolute Gasteiger partial charge is 0.129 e. The third kappa shape index (κ3) is 4.79. The van der Waals surface area contributed by atoms with Gasteiger partial charge in [-0.1, -0.05) is 13.8 Å². The second kappa shape index (κ2) is 7.44. The predicted octanol–water partition coefficient (Wildman–Crippen LogP) is 1.50. The number of rotatable bonds is 8. The summed E-state index contributed by atoms with van der Waals surface area (Å²) in [7, 11) is 0. The van der Waals surface area contributed by atoms with Crippen molar-refractivity contribution in [1.82, 2.24) is 4.90 Å². The minimum absolute atomic E-state index is 0.344. The Morgan fingerprint density at radius 2 is 2.19 bits per heavy atom. The Hall–Kier alpha value is -0.840. The molecule has 1 atom stereocenters. The zero-order valence-electron chi connectivity index (χ0n) is 10.1. The Bertz CT molecular complexity index is 257. The molecule has 0 fully saturated rings. The van der Waals surface area contributed by atoms with Crippen molar-refractivity contribution in [3.63, 3.8) is 0 Å². The second-order valence-corrected chi connectivity index (χ2v) is 3.73. The molecular formula is C12H21NO3. The quantitative estimate of drug-likeness (QED) is 0.731. The first-order valence-electron chi connectivity index (χ1n) is 5.76. The number of aliphatic hydroxyl groups excluding tert-OH is 1. The number of nitrogens with zero attached hydrogens (tertiary/aromatic N) is 1. The molecule has 0 aromatic carbocycles. The third-order valence-corrected chi connectivity index (χ3v) is 2.50. The fraction of sp³-hybridized carbons (Fsp3) is 0.667. The molecule has 1 unspecified atom stereocenters. The van der Waals surface area contributed by atoms with Gasteiger partial charge in [-0.2, -0.15) is 0 Å². The third-order valence-electron chi connectivity index (χ3n) is 2.50. The maximum atomic E-state index is 9.71. The normalized spacial score (nSPS) is 13.2. The van der Waals surface area contributed by atoms with Crippen LogP contribution in [0.15, 0.2) is 22.8 Å². The first-order valence-corrected chi connectivity index (χ1v) is 5.76. The number of ether oxygens (including phenoxy) is 1. The van der Waals surface area contributed by atoms with Crippen LogP contribution in [0.3, 0.4) is 0 Å². The number of likely N-dealkylation sites (N-methyl/N-ethyl adjacent to an activating group) is 1. The maximum Gasteiger partial charge on any atom is 0.129 e. The summed E-state index contributed by atoms with van der Waals surface area (Å²) in [5.41, 5.74) is 0. The van der Waals surface area contributed by atoms with Crippen molar-refractivity contribution in [3.05, 3.63) is 24.2 Å². The number of hydrogen-bond donors (Lipinski definition) is 1. The van der Waals surface area contributed by atoms with E-state index in [-0.39, 0.29) is 0 Å². The summed E-state index contributed by atoms with van der Waals surface area (Å²) in [5.74, 6) is 0.787. The number of hydrogen-bond acceptors (Lipinski definition) is 4. The van der Waals surface area contributed by atoms with Gasteiger partial charge in [0.05, 0.1) is 19.0 Å². The Balaban J connectivity index is 2.12. The van der Waals surface area contributed by atoms with Crippen LogP contribution in [-0.2, 0) is 11.3 Å². The Kier molecular flexibility index (Phi) is 6.15. The van der Waals surface area contributed by atoms with E-state index in [0.717, 1.165) is 18.8 Å². The molecular weight excluding hydrogens is 206 g/mol. The molecule has 0 aliphatic heterocycles. The Labute approximate surface area is 96.8 Å². The van der Waals surface area contributed by atoms with Crippen LogP contribution in [0.2, 0.25) is 0 Å². The molecule has 92 valence electrons. The van der Waals surface area contributed by atoms with E-state index < -0.39 is 6.10 Å². The summed E-state index contributed by atoms with van der Waals surface area (Å²) < 4.78 is 10.5. The van der Waals surface area contributed by atoms with E-state index in [1.807, 2.05) is 12.1 Å². The fourth-order valence-corrected chi connectivity index (χ4v) is 1.52. The van der Waals surface area contributed by atoms with Crippen LogP contribution >= 0.6 is 0 Å². The van der Waals surface area contributed by atoms with Crippen molar-refractivity contribution in [2.75, 3.05) is 26.2 Å². The minimum atomic E-state index is -0.435. The summed E-state index contributed by atoms with van der Waals surface area (Å²) >= 11 is 0. The number of furan rings is 1. The van der Waals surface area contributed by atoms with Crippen molar-refractivity contribution in [2.45, 2.75) is 26.6 Å². The van der Waals surface area contributed by atoms with Gasteiger partial charge in [0.1, 0.15) is 12.4 Å². The molecule has 1 N–H and O–H groups in total. The van der Waals surface area contributed by atoms with Crippen LogP contribution in [0.1, 0.15) is 19.6 Å². The van der Waals surface area contributed by atoms with Gasteiger partial charge in [-0.05, 0) is 25.2 Å². The summed E-state index contributed by atoms with van der Waals surface area (Å²) in [5, 5.41) is 9.71. The summed E-state index contributed by atoms with van der Waals surface area (Å²) in [6.45, 7) is 7.49. The molecule has 0 saturated carbocycles. The molecule has 1 rings (SSSR count). The van der Waals surface area contributed by atoms with Gasteiger partial charge in [-0.15, -0.1) is 0 Å². The van der Waals surface area contributed by atoms with Gasteiger partial charge in [0.2, 0.25) is 0 Å². The lowest BCUT2D eigenvalue weighted by Gasteiger charge is -2.21. The highest BCUT2D eigenvalue weighted by molar-refractivity contribution is 4.96. The largest absolute Gasteiger partial charge is 0.467 e. The van der Waals surface area contributed by atoms with E-state index in [9.17, 15) is 5.11 Å². The summed E-state index contributed by atoms with van der Waals surface area (Å²) in [6, 6.07) is 3.68. The van der Waals surface area contributed by atoms with Crippen molar-refractivity contribution in [1.29, 1.82) is 0 Å². The summed E-state index contributed by atoms with van der Waals surface area (Å²) in [4.78, 5) is 2.17. The van der Waals surface area contributed by atoms with Crippen molar-refractivity contribution in [3.8, 4) is 0 Å². The van der Waals surface area contributed by atoms with Crippen LogP contribution < -0.4 is 0 Å². The highest BCUT2D eigenvalue weighted by Gasteiger charge is 2.09. The SMILES string of the molecule is CCN(CC)CC(O)COCc1ccco1. The topological polar surface area (TPSA) is 45.8 Å². The van der Waals surface area contributed by atoms with Gasteiger partial charge in [-0.25, -0.2) is 0 Å². The zero-order chi connectivity index (χ0) is 11.8. The zero-order valence-corrected chi connectivity index (χ0v) is 10.1. The van der Waals surface area contributed by atoms with E-state index >= 15 is 0 Å². The van der Waals surface area contributed by atoms with Crippen LogP contribution in [-0.4, -0.2) is 42.4 Å². The highest BCUT2D eigenvalue weighted by Crippen LogP contribution is 2.02. The van der Waals surface area contributed by atoms with E-state index in [0.29, 0.717) is 19.8 Å². The monoisotopic (exact) mass is 227 g/mol. The molecule has 0 radical (unpaired) electrons. The molecule has 4 heteroatoms. The molecule has 1 heterocycles. The molecule has 1 aromatic heterocycles. The first-order chi connectivity index (χ1) is 7.76. The lowest BCUT2D eigenvalue weighted by atomic mass is 10.3. The van der Waals surface area contributed by atoms with E-state index in [2.05, 4.69) is 18.7 Å². The maximum absolute atomic E-state index is 9.71. The lowest BCUT2D eigenvalue weighted by molar-refractivity contribution is 0.00652. The Morgan fingerprint density at radius 3 is 2.75 bits per heavy atom. The second-order valence-electron chi connectivity index (χ2n) is 3.73. The average Bonchev–Trinajstić information content (AvgIpc) is 2.79. The van der Waals surface area contributed by atoms with Gasteiger partial charge in [0, 0.05) is 6.54 Å². The molecule has 0 saturated heterocycles. The standard InChI is InChI=1S/C12H21NO3/c1-3-13(4-2)8-11(14)9-15-10-12-6-5-7-16-12/h5-7,11,14H,3-4,8-10H2,1-2H3. The molecule has 0 bridgehead atoms. The first kappa shape index (κ1) is 13.2. The molecule has 0 aliphatic carbocycles. The lowest BCUT2D eigenvalue weighted by Crippen LogP contribution is -2.34. The summed E-state index contributed by atoms with van der Waals surface area (Å²) in [6.07, 6.45) is 1.18. The van der Waals surface area contributed by atoms with Gasteiger partial charge in [-0.3, -0.25) is 0 Å². The van der Waals surface area contributed by atoms with E-state index in [1.54, 1.807) is 6.26 Å². The molecule has 16 heavy (non-hydrogen) atoms. The van der Waals surface area contributed by atoms with Gasteiger partial charge < -0.3 is 19.2 Å². The van der Waals surface area contributed by atoms with Crippen molar-refractivity contribution in [2.24, 2.45) is 0 Å². The van der Waals surface area contributed by atoms with Gasteiger partial charge in [0.15, 0.2) is 0 Å². The Morgan fingerprint density at radius 1 is 1.44 bits per heavy atom. The molecule has 4 nitrogen and oxygen atoms in total. The van der Waals surface area contributed by atoms with Gasteiger partial charge >= 0.3 is 0 Å². The van der Waals surface area contributed by atoms with Crippen molar-refractivity contribution >= 4 is 0 Å². The van der Waals surface area contributed by atoms with Crippen molar-refractivity contribution < 1.29 is 14.3 Å². The minimum Gasteiger partial charge on any atom is -0.467 e. The molecule has 0 spiro atoms. The molecule has 1 aromatic rings. The van der Waals surface area contributed by atoms with E-state index in [4.69, 9.17) is 9.15 Å². The van der Waals surface area contributed by atoms with E-state index in [1.165, 1.54) is 0 Å². The fourth-order valence-electron chi connectivity index (χ4n) is 1.52. The molecule has 0 aliphatic rings. The molecule has 0 amide bonds.